The molecule has 2 N–H and O–H groups in total. The zero-order valence-corrected chi connectivity index (χ0v) is 8.61. The van der Waals surface area contributed by atoms with Crippen LogP contribution >= 0.6 is 23.1 Å². The number of aliphatic hydroxyl groups is 1. The molecule has 1 amide bonds. The first-order chi connectivity index (χ1) is 6.22. The molecule has 0 atom stereocenters. The number of thioether (sulfide) groups is 1. The van der Waals surface area contributed by atoms with Gasteiger partial charge >= 0.3 is 0 Å². The van der Waals surface area contributed by atoms with Crippen LogP contribution in [-0.4, -0.2) is 33.6 Å². The van der Waals surface area contributed by atoms with E-state index in [1.165, 1.54) is 30.0 Å². The topological polar surface area (TPSA) is 75.1 Å². The smallest absolute Gasteiger partial charge is 0.223 e. The Morgan fingerprint density at radius 1 is 1.69 bits per heavy atom. The summed E-state index contributed by atoms with van der Waals surface area (Å²) >= 11 is 2.71. The largest absolute Gasteiger partial charge is 0.396 e. The number of nitrogens with zero attached hydrogens (tertiary/aromatic N) is 2. The van der Waals surface area contributed by atoms with Gasteiger partial charge in [-0.1, -0.05) is 23.1 Å². The summed E-state index contributed by atoms with van der Waals surface area (Å²) in [5, 5.41) is 19.1. The number of aliphatic hydroxyl groups excluding tert-OH is 1. The maximum atomic E-state index is 10.6. The van der Waals surface area contributed by atoms with Gasteiger partial charge < -0.3 is 10.4 Å². The van der Waals surface area contributed by atoms with Crippen LogP contribution in [0.5, 0.6) is 0 Å². The molecule has 7 heteroatoms. The van der Waals surface area contributed by atoms with E-state index in [1.807, 2.05) is 0 Å². The number of amides is 1. The van der Waals surface area contributed by atoms with Crippen LogP contribution in [0.3, 0.4) is 0 Å². The number of aromatic nitrogens is 2. The highest BCUT2D eigenvalue weighted by Crippen LogP contribution is 2.24. The molecule has 1 aromatic heterocycles. The van der Waals surface area contributed by atoms with Gasteiger partial charge in [-0.15, -0.1) is 10.2 Å². The van der Waals surface area contributed by atoms with Gasteiger partial charge in [0.1, 0.15) is 0 Å². The van der Waals surface area contributed by atoms with Gasteiger partial charge in [0.25, 0.3) is 0 Å². The molecule has 0 spiro atoms. The Morgan fingerprint density at radius 2 is 2.46 bits per heavy atom. The number of hydrogen-bond acceptors (Lipinski definition) is 6. The zero-order chi connectivity index (χ0) is 9.68. The van der Waals surface area contributed by atoms with Crippen molar-refractivity contribution in [3.63, 3.8) is 0 Å². The number of rotatable bonds is 4. The first-order valence-corrected chi connectivity index (χ1v) is 5.37. The predicted octanol–water partition coefficient (Wildman–Crippen LogP) is 0.581. The van der Waals surface area contributed by atoms with Crippen LogP contribution in [0.1, 0.15) is 6.92 Å². The summed E-state index contributed by atoms with van der Waals surface area (Å²) in [7, 11) is 0. The van der Waals surface area contributed by atoms with Crippen molar-refractivity contribution in [2.24, 2.45) is 0 Å². The second kappa shape index (κ2) is 5.15. The molecule has 0 fully saturated rings. The Kier molecular flexibility index (Phi) is 4.13. The van der Waals surface area contributed by atoms with Crippen LogP contribution in [0.15, 0.2) is 4.34 Å². The molecular weight excluding hydrogens is 210 g/mol. The molecule has 72 valence electrons. The molecule has 0 unspecified atom stereocenters. The third-order valence-corrected chi connectivity index (χ3v) is 2.96. The monoisotopic (exact) mass is 219 g/mol. The average Bonchev–Trinajstić information content (AvgIpc) is 2.48. The third kappa shape index (κ3) is 3.71. The van der Waals surface area contributed by atoms with Crippen molar-refractivity contribution in [1.82, 2.24) is 10.2 Å². The average molecular weight is 219 g/mol. The van der Waals surface area contributed by atoms with E-state index in [1.54, 1.807) is 0 Å². The first kappa shape index (κ1) is 10.4. The van der Waals surface area contributed by atoms with Gasteiger partial charge in [0, 0.05) is 12.7 Å². The zero-order valence-electron chi connectivity index (χ0n) is 6.98. The van der Waals surface area contributed by atoms with E-state index in [0.717, 1.165) is 4.34 Å². The molecule has 0 aliphatic rings. The molecule has 0 aliphatic carbocycles. The minimum Gasteiger partial charge on any atom is -0.396 e. The summed E-state index contributed by atoms with van der Waals surface area (Å²) in [6, 6.07) is 0. The molecular formula is C6H9N3O2S2. The first-order valence-electron chi connectivity index (χ1n) is 3.57. The predicted molar refractivity (Wildman–Crippen MR) is 52.0 cm³/mol. The number of nitrogens with one attached hydrogen (secondary N) is 1. The summed E-state index contributed by atoms with van der Waals surface area (Å²) < 4.78 is 0.748. The highest BCUT2D eigenvalue weighted by molar-refractivity contribution is 8.01. The summed E-state index contributed by atoms with van der Waals surface area (Å²) in [5.41, 5.74) is 0. The molecule has 0 saturated heterocycles. The lowest BCUT2D eigenvalue weighted by atomic mass is 10.7. The van der Waals surface area contributed by atoms with Gasteiger partial charge in [0.05, 0.1) is 6.61 Å². The normalized spacial score (nSPS) is 10.0. The van der Waals surface area contributed by atoms with Crippen molar-refractivity contribution in [2.45, 2.75) is 11.3 Å². The molecule has 1 heterocycles. The standard InChI is InChI=1S/C6H9N3O2S2/c1-4(11)7-5-8-9-6(13-5)12-3-2-10/h10H,2-3H2,1H3,(H,7,8,11). The van der Waals surface area contributed by atoms with Crippen LogP contribution in [0, 0.1) is 0 Å². The fourth-order valence-electron chi connectivity index (χ4n) is 0.602. The van der Waals surface area contributed by atoms with Crippen LogP contribution in [0.2, 0.25) is 0 Å². The van der Waals surface area contributed by atoms with Crippen molar-refractivity contribution in [3.05, 3.63) is 0 Å². The molecule has 13 heavy (non-hydrogen) atoms. The summed E-state index contributed by atoms with van der Waals surface area (Å²) in [6.07, 6.45) is 0. The number of hydrogen-bond donors (Lipinski definition) is 2. The summed E-state index contributed by atoms with van der Waals surface area (Å²) in [4.78, 5) is 10.6. The molecule has 0 radical (unpaired) electrons. The van der Waals surface area contributed by atoms with E-state index in [4.69, 9.17) is 5.11 Å². The summed E-state index contributed by atoms with van der Waals surface area (Å²) in [6.45, 7) is 1.53. The lowest BCUT2D eigenvalue weighted by Gasteiger charge is -1.91. The van der Waals surface area contributed by atoms with Crippen molar-refractivity contribution in [3.8, 4) is 0 Å². The Labute approximate surface area is 83.6 Å². The van der Waals surface area contributed by atoms with Gasteiger partial charge in [-0.3, -0.25) is 4.79 Å². The molecule has 1 rings (SSSR count). The van der Waals surface area contributed by atoms with Crippen molar-refractivity contribution < 1.29 is 9.90 Å². The van der Waals surface area contributed by atoms with E-state index in [-0.39, 0.29) is 12.5 Å². The fourth-order valence-corrected chi connectivity index (χ4v) is 2.21. The lowest BCUT2D eigenvalue weighted by molar-refractivity contribution is -0.114. The maximum Gasteiger partial charge on any atom is 0.223 e. The summed E-state index contributed by atoms with van der Waals surface area (Å²) in [5.74, 6) is 0.434. The Balaban J connectivity index is 2.48. The number of carbonyl (C=O) groups is 1. The van der Waals surface area contributed by atoms with Crippen LogP contribution < -0.4 is 5.32 Å². The molecule has 0 bridgehead atoms. The minimum atomic E-state index is -0.158. The van der Waals surface area contributed by atoms with Crippen LogP contribution in [-0.2, 0) is 4.79 Å². The van der Waals surface area contributed by atoms with Gasteiger partial charge in [-0.25, -0.2) is 0 Å². The molecule has 5 nitrogen and oxygen atoms in total. The Bertz CT molecular complexity index is 289. The van der Waals surface area contributed by atoms with E-state index < -0.39 is 0 Å². The second-order valence-electron chi connectivity index (χ2n) is 2.13. The Morgan fingerprint density at radius 3 is 3.08 bits per heavy atom. The quantitative estimate of drug-likeness (QED) is 0.572. The van der Waals surface area contributed by atoms with Crippen molar-refractivity contribution in [1.29, 1.82) is 0 Å². The van der Waals surface area contributed by atoms with Gasteiger partial charge in [0.15, 0.2) is 4.34 Å². The van der Waals surface area contributed by atoms with E-state index in [2.05, 4.69) is 15.5 Å². The van der Waals surface area contributed by atoms with Gasteiger partial charge in [-0.05, 0) is 0 Å². The van der Waals surface area contributed by atoms with Crippen LogP contribution in [0.25, 0.3) is 0 Å². The van der Waals surface area contributed by atoms with Crippen molar-refractivity contribution >= 4 is 34.1 Å². The fraction of sp³-hybridized carbons (Fsp3) is 0.500. The maximum absolute atomic E-state index is 10.6. The van der Waals surface area contributed by atoms with E-state index in [0.29, 0.717) is 10.9 Å². The van der Waals surface area contributed by atoms with Crippen molar-refractivity contribution in [2.75, 3.05) is 17.7 Å². The molecule has 0 aliphatic heterocycles. The second-order valence-corrected chi connectivity index (χ2v) is 4.45. The number of carbonyl (C=O) groups excluding carboxylic acids is 1. The van der Waals surface area contributed by atoms with E-state index in [9.17, 15) is 4.79 Å². The lowest BCUT2D eigenvalue weighted by Crippen LogP contribution is -2.04. The molecule has 0 saturated carbocycles. The minimum absolute atomic E-state index is 0.111. The van der Waals surface area contributed by atoms with E-state index >= 15 is 0 Å². The number of anilines is 1. The van der Waals surface area contributed by atoms with Crippen LogP contribution in [0.4, 0.5) is 5.13 Å². The van der Waals surface area contributed by atoms with Gasteiger partial charge in [-0.2, -0.15) is 0 Å². The highest BCUT2D eigenvalue weighted by atomic mass is 32.2. The third-order valence-electron chi connectivity index (χ3n) is 1.01. The highest BCUT2D eigenvalue weighted by Gasteiger charge is 2.04. The molecule has 0 aromatic carbocycles. The Hall–Kier alpha value is -0.660. The van der Waals surface area contributed by atoms with Gasteiger partial charge in [0.2, 0.25) is 11.0 Å². The molecule has 1 aromatic rings. The SMILES string of the molecule is CC(=O)Nc1nnc(SCCO)s1.